The van der Waals surface area contributed by atoms with E-state index in [1.807, 2.05) is 0 Å². The lowest BCUT2D eigenvalue weighted by atomic mass is 9.97. The van der Waals surface area contributed by atoms with Gasteiger partial charge in [0.2, 0.25) is 5.91 Å². The lowest BCUT2D eigenvalue weighted by molar-refractivity contribution is -0.139. The number of pyridine rings is 1. The Balaban J connectivity index is 2.09. The second-order valence-corrected chi connectivity index (χ2v) is 5.96. The number of likely N-dealkylation sites (tertiary alicyclic amines) is 1. The summed E-state index contributed by atoms with van der Waals surface area (Å²) in [7, 11) is 1.40. The minimum atomic E-state index is -4.61. The number of piperidine rings is 1. The standard InChI is InChI=1S/C15H18F3N5O2/c1-25-7-11(24)23-5-3-2-4-10(23)9-6-8(15(16,17)18)12-13(19)21-22-14(12)20-9/h6,10H,2-5,7H2,1H3,(H3,19,20,21,22)/t10-/m1/s1. The van der Waals surface area contributed by atoms with E-state index in [0.29, 0.717) is 13.0 Å². The summed E-state index contributed by atoms with van der Waals surface area (Å²) in [5.74, 6) is -0.457. The Kier molecular flexibility index (Phi) is 4.55. The molecule has 1 saturated heterocycles. The van der Waals surface area contributed by atoms with Crippen LogP contribution in [0.2, 0.25) is 0 Å². The molecule has 1 aliphatic heterocycles. The highest BCUT2D eigenvalue weighted by Crippen LogP contribution is 2.39. The molecule has 2 aromatic rings. The molecule has 1 aliphatic rings. The molecule has 0 bridgehead atoms. The molecule has 0 aliphatic carbocycles. The summed E-state index contributed by atoms with van der Waals surface area (Å²) in [6.07, 6.45) is -2.49. The number of nitrogens with one attached hydrogen (secondary N) is 1. The van der Waals surface area contributed by atoms with Crippen molar-refractivity contribution in [2.24, 2.45) is 0 Å². The van der Waals surface area contributed by atoms with E-state index in [1.54, 1.807) is 0 Å². The van der Waals surface area contributed by atoms with Gasteiger partial charge in [-0.05, 0) is 25.3 Å². The molecule has 2 aromatic heterocycles. The van der Waals surface area contributed by atoms with Gasteiger partial charge < -0.3 is 15.4 Å². The van der Waals surface area contributed by atoms with Crippen molar-refractivity contribution >= 4 is 22.8 Å². The van der Waals surface area contributed by atoms with Gasteiger partial charge in [-0.25, -0.2) is 4.98 Å². The van der Waals surface area contributed by atoms with E-state index < -0.39 is 17.8 Å². The molecule has 3 heterocycles. The van der Waals surface area contributed by atoms with E-state index >= 15 is 0 Å². The van der Waals surface area contributed by atoms with Crippen LogP contribution in [0.3, 0.4) is 0 Å². The Labute approximate surface area is 141 Å². The highest BCUT2D eigenvalue weighted by Gasteiger charge is 2.37. The number of amides is 1. The zero-order valence-electron chi connectivity index (χ0n) is 13.6. The number of anilines is 1. The number of alkyl halides is 3. The average molecular weight is 357 g/mol. The van der Waals surface area contributed by atoms with E-state index in [4.69, 9.17) is 10.5 Å². The molecule has 1 amide bonds. The Morgan fingerprint density at radius 1 is 1.48 bits per heavy atom. The lowest BCUT2D eigenvalue weighted by Gasteiger charge is -2.35. The van der Waals surface area contributed by atoms with Gasteiger partial charge in [-0.15, -0.1) is 0 Å². The van der Waals surface area contributed by atoms with Gasteiger partial charge in [-0.2, -0.15) is 18.3 Å². The van der Waals surface area contributed by atoms with Crippen molar-refractivity contribution in [3.05, 3.63) is 17.3 Å². The fourth-order valence-corrected chi connectivity index (χ4v) is 3.20. The van der Waals surface area contributed by atoms with E-state index in [0.717, 1.165) is 18.9 Å². The van der Waals surface area contributed by atoms with Crippen LogP contribution in [0.25, 0.3) is 11.0 Å². The lowest BCUT2D eigenvalue weighted by Crippen LogP contribution is -2.40. The molecule has 0 unspecified atom stereocenters. The smallest absolute Gasteiger partial charge is 0.383 e. The second kappa shape index (κ2) is 6.51. The number of H-pyrrole nitrogens is 1. The number of hydrogen-bond acceptors (Lipinski definition) is 5. The molecule has 0 spiro atoms. The highest BCUT2D eigenvalue weighted by molar-refractivity contribution is 5.90. The molecule has 1 atom stereocenters. The summed E-state index contributed by atoms with van der Waals surface area (Å²) in [6, 6.07) is 0.428. The van der Waals surface area contributed by atoms with Crippen molar-refractivity contribution in [3.8, 4) is 0 Å². The van der Waals surface area contributed by atoms with Gasteiger partial charge in [0.25, 0.3) is 0 Å². The maximum Gasteiger partial charge on any atom is 0.417 e. The van der Waals surface area contributed by atoms with Gasteiger partial charge in [-0.1, -0.05) is 0 Å². The molecule has 1 fully saturated rings. The molecule has 10 heteroatoms. The highest BCUT2D eigenvalue weighted by atomic mass is 19.4. The molecule has 3 N–H and O–H groups in total. The molecular weight excluding hydrogens is 339 g/mol. The molecule has 25 heavy (non-hydrogen) atoms. The largest absolute Gasteiger partial charge is 0.417 e. The second-order valence-electron chi connectivity index (χ2n) is 5.96. The topological polar surface area (TPSA) is 97.1 Å². The number of nitrogen functional groups attached to an aromatic ring is 1. The van der Waals surface area contributed by atoms with Crippen molar-refractivity contribution in [1.29, 1.82) is 0 Å². The normalized spacial score (nSPS) is 18.7. The predicted octanol–water partition coefficient (Wildman–Crippen LogP) is 2.26. The molecule has 7 nitrogen and oxygen atoms in total. The zero-order valence-corrected chi connectivity index (χ0v) is 13.6. The van der Waals surface area contributed by atoms with Crippen molar-refractivity contribution in [2.45, 2.75) is 31.5 Å². The number of carbonyl (C=O) groups is 1. The number of aromatic nitrogens is 3. The van der Waals surface area contributed by atoms with Crippen molar-refractivity contribution in [3.63, 3.8) is 0 Å². The molecule has 3 rings (SSSR count). The third-order valence-electron chi connectivity index (χ3n) is 4.31. The van der Waals surface area contributed by atoms with Crippen LogP contribution in [0.1, 0.15) is 36.6 Å². The van der Waals surface area contributed by atoms with Crippen molar-refractivity contribution in [2.75, 3.05) is 26.0 Å². The third kappa shape index (κ3) is 3.26. The van der Waals surface area contributed by atoms with E-state index in [9.17, 15) is 18.0 Å². The minimum absolute atomic E-state index is 0.105. The Morgan fingerprint density at radius 2 is 2.24 bits per heavy atom. The third-order valence-corrected chi connectivity index (χ3v) is 4.31. The first kappa shape index (κ1) is 17.5. The number of fused-ring (bicyclic) bond motifs is 1. The van der Waals surface area contributed by atoms with Gasteiger partial charge >= 0.3 is 6.18 Å². The van der Waals surface area contributed by atoms with Crippen LogP contribution in [0.15, 0.2) is 6.07 Å². The fraction of sp³-hybridized carbons (Fsp3) is 0.533. The first-order valence-electron chi connectivity index (χ1n) is 7.83. The van der Waals surface area contributed by atoms with Crippen LogP contribution in [0.5, 0.6) is 0 Å². The van der Waals surface area contributed by atoms with E-state index in [2.05, 4.69) is 15.2 Å². The molecule has 0 radical (unpaired) electrons. The number of methoxy groups -OCH3 is 1. The quantitative estimate of drug-likeness (QED) is 0.878. The van der Waals surface area contributed by atoms with Crippen LogP contribution in [0.4, 0.5) is 19.0 Å². The van der Waals surface area contributed by atoms with Gasteiger partial charge in [-0.3, -0.25) is 9.89 Å². The fourth-order valence-electron chi connectivity index (χ4n) is 3.20. The van der Waals surface area contributed by atoms with Crippen LogP contribution in [-0.2, 0) is 15.7 Å². The summed E-state index contributed by atoms with van der Waals surface area (Å²) in [4.78, 5) is 18.0. The molecule has 0 saturated carbocycles. The van der Waals surface area contributed by atoms with E-state index in [-0.39, 0.29) is 35.1 Å². The summed E-state index contributed by atoms with van der Waals surface area (Å²) >= 11 is 0. The number of nitrogens with zero attached hydrogens (tertiary/aromatic N) is 3. The van der Waals surface area contributed by atoms with Gasteiger partial charge in [0.1, 0.15) is 12.4 Å². The van der Waals surface area contributed by atoms with Gasteiger partial charge in [0.05, 0.1) is 22.7 Å². The van der Waals surface area contributed by atoms with Crippen LogP contribution in [-0.4, -0.2) is 46.2 Å². The Bertz CT molecular complexity index is 789. The SMILES string of the molecule is COCC(=O)N1CCCC[C@@H]1c1cc(C(F)(F)F)c2c(N)[nH]nc2n1. The van der Waals surface area contributed by atoms with Crippen LogP contribution < -0.4 is 5.73 Å². The van der Waals surface area contributed by atoms with Crippen LogP contribution >= 0.6 is 0 Å². The average Bonchev–Trinajstić information content (AvgIpc) is 2.94. The number of aromatic amines is 1. The van der Waals surface area contributed by atoms with Gasteiger partial charge in [0, 0.05) is 13.7 Å². The monoisotopic (exact) mass is 357 g/mol. The Hall–Kier alpha value is -2.36. The van der Waals surface area contributed by atoms with Crippen molar-refractivity contribution in [1.82, 2.24) is 20.1 Å². The molecular formula is C15H18F3N5O2. The number of carbonyl (C=O) groups excluding carboxylic acids is 1. The maximum atomic E-state index is 13.5. The predicted molar refractivity (Wildman–Crippen MR) is 83.5 cm³/mol. The summed E-state index contributed by atoms with van der Waals surface area (Å²) in [5.41, 5.74) is 4.74. The maximum absolute atomic E-state index is 13.5. The first-order valence-corrected chi connectivity index (χ1v) is 7.83. The van der Waals surface area contributed by atoms with E-state index in [1.165, 1.54) is 12.0 Å². The number of rotatable bonds is 3. The minimum Gasteiger partial charge on any atom is -0.383 e. The van der Waals surface area contributed by atoms with Gasteiger partial charge in [0.15, 0.2) is 5.65 Å². The summed E-state index contributed by atoms with van der Waals surface area (Å²) in [5, 5.41) is 5.85. The summed E-state index contributed by atoms with van der Waals surface area (Å²) in [6.45, 7) is 0.330. The zero-order chi connectivity index (χ0) is 18.2. The van der Waals surface area contributed by atoms with Crippen molar-refractivity contribution < 1.29 is 22.7 Å². The molecule has 0 aromatic carbocycles. The molecule has 136 valence electrons. The van der Waals surface area contributed by atoms with Crippen LogP contribution in [0, 0.1) is 0 Å². The number of hydrogen-bond donors (Lipinski definition) is 2. The summed E-state index contributed by atoms with van der Waals surface area (Å²) < 4.78 is 45.3. The first-order chi connectivity index (χ1) is 11.8. The Morgan fingerprint density at radius 3 is 2.92 bits per heavy atom. The number of ether oxygens (including phenoxy) is 1. The number of nitrogens with two attached hydrogens (primary N) is 1. The number of halogens is 3.